The Morgan fingerprint density at radius 3 is 2.58 bits per heavy atom. The summed E-state index contributed by atoms with van der Waals surface area (Å²) < 4.78 is 37.6. The zero-order valence-electron chi connectivity index (χ0n) is 21.4. The minimum Gasteiger partial charge on any atom is -0.439 e. The van der Waals surface area contributed by atoms with E-state index >= 15 is 0 Å². The van der Waals surface area contributed by atoms with Crippen LogP contribution in [0.5, 0.6) is 5.75 Å². The molecule has 0 aromatic heterocycles. The van der Waals surface area contributed by atoms with E-state index in [1.807, 2.05) is 47.4 Å². The number of rotatable bonds is 8. The van der Waals surface area contributed by atoms with Gasteiger partial charge in [0.1, 0.15) is 0 Å². The Hall–Kier alpha value is -5.08. The van der Waals surface area contributed by atoms with Crippen LogP contribution in [-0.4, -0.2) is 25.3 Å². The van der Waals surface area contributed by atoms with E-state index in [-0.39, 0.29) is 29.0 Å². The lowest BCUT2D eigenvalue weighted by Crippen LogP contribution is -2.23. The summed E-state index contributed by atoms with van der Waals surface area (Å²) in [4.78, 5) is 5.20. The van der Waals surface area contributed by atoms with Gasteiger partial charge in [-0.1, -0.05) is 36.4 Å². The summed E-state index contributed by atoms with van der Waals surface area (Å²) in [6.45, 7) is 7.76. The van der Waals surface area contributed by atoms with Gasteiger partial charge in [0.15, 0.2) is 5.75 Å². The molecule has 2 aromatic carbocycles. The van der Waals surface area contributed by atoms with Gasteiger partial charge in [-0.05, 0) is 66.3 Å². The number of hydrogen-bond acceptors (Lipinski definition) is 7. The molecule has 0 bridgehead atoms. The van der Waals surface area contributed by atoms with Crippen molar-refractivity contribution in [1.29, 1.82) is 10.5 Å². The van der Waals surface area contributed by atoms with Crippen molar-refractivity contribution in [2.45, 2.75) is 19.3 Å². The van der Waals surface area contributed by atoms with E-state index in [1.54, 1.807) is 36.4 Å². The van der Waals surface area contributed by atoms with E-state index in [4.69, 9.17) is 21.6 Å². The average molecular weight is 552 g/mol. The van der Waals surface area contributed by atoms with Gasteiger partial charge in [-0.3, -0.25) is 4.55 Å². The SMILES string of the molecule is [C-]#[N+]/C(C#N)=C(/C(C#N)=C/C=C1C=C(/C=C2\Oc3ccccc3N2CCCS(=O)(=O)O)CC/1)c1ccc(N)cc1. The van der Waals surface area contributed by atoms with Gasteiger partial charge in [0, 0.05) is 23.9 Å². The molecule has 0 fully saturated rings. The second kappa shape index (κ2) is 12.2. The maximum Gasteiger partial charge on any atom is 0.270 e. The van der Waals surface area contributed by atoms with E-state index < -0.39 is 10.1 Å². The molecule has 0 radical (unpaired) electrons. The smallest absolute Gasteiger partial charge is 0.270 e. The van der Waals surface area contributed by atoms with E-state index in [0.29, 0.717) is 35.8 Å². The predicted molar refractivity (Wildman–Crippen MR) is 153 cm³/mol. The molecule has 0 amide bonds. The van der Waals surface area contributed by atoms with Crippen molar-refractivity contribution in [1.82, 2.24) is 0 Å². The molecule has 10 heteroatoms. The third kappa shape index (κ3) is 6.67. The third-order valence-electron chi connectivity index (χ3n) is 6.31. The Balaban J connectivity index is 1.61. The number of hydrogen-bond donors (Lipinski definition) is 2. The van der Waals surface area contributed by atoms with Crippen LogP contribution in [0.25, 0.3) is 10.4 Å². The van der Waals surface area contributed by atoms with Crippen molar-refractivity contribution in [2.75, 3.05) is 22.9 Å². The van der Waals surface area contributed by atoms with Crippen molar-refractivity contribution >= 4 is 27.1 Å². The van der Waals surface area contributed by atoms with Crippen LogP contribution in [0.1, 0.15) is 24.8 Å². The molecule has 9 nitrogen and oxygen atoms in total. The van der Waals surface area contributed by atoms with E-state index in [9.17, 15) is 18.9 Å². The fraction of sp³-hybridized carbons (Fsp3) is 0.167. The van der Waals surface area contributed by atoms with Gasteiger partial charge < -0.3 is 15.4 Å². The number of nitriles is 2. The molecule has 1 aliphatic carbocycles. The molecule has 1 heterocycles. The van der Waals surface area contributed by atoms with Crippen LogP contribution in [0, 0.1) is 29.2 Å². The molecular weight excluding hydrogens is 526 g/mol. The monoisotopic (exact) mass is 551 g/mol. The molecule has 0 saturated carbocycles. The van der Waals surface area contributed by atoms with Crippen LogP contribution in [0.2, 0.25) is 0 Å². The minimum absolute atomic E-state index is 0.185. The number of ether oxygens (including phenoxy) is 1. The van der Waals surface area contributed by atoms with Crippen LogP contribution in [0.15, 0.2) is 101 Å². The fourth-order valence-corrected chi connectivity index (χ4v) is 4.94. The highest BCUT2D eigenvalue weighted by atomic mass is 32.2. The normalized spacial score (nSPS) is 17.4. The van der Waals surface area contributed by atoms with Gasteiger partial charge in [0.25, 0.3) is 15.8 Å². The van der Waals surface area contributed by atoms with Crippen LogP contribution >= 0.6 is 0 Å². The second-order valence-electron chi connectivity index (χ2n) is 9.07. The minimum atomic E-state index is -4.07. The van der Waals surface area contributed by atoms with Crippen LogP contribution in [-0.2, 0) is 10.1 Å². The number of allylic oxidation sites excluding steroid dienone is 9. The Morgan fingerprint density at radius 2 is 1.90 bits per heavy atom. The lowest BCUT2D eigenvalue weighted by atomic mass is 9.95. The lowest BCUT2D eigenvalue weighted by Gasteiger charge is -2.18. The number of benzene rings is 2. The average Bonchev–Trinajstić information content (AvgIpc) is 3.52. The first-order valence-corrected chi connectivity index (χ1v) is 13.9. The number of fused-ring (bicyclic) bond motifs is 1. The molecule has 40 heavy (non-hydrogen) atoms. The highest BCUT2D eigenvalue weighted by Gasteiger charge is 2.26. The highest BCUT2D eigenvalue weighted by Crippen LogP contribution is 2.40. The number of nitrogens with zero attached hydrogens (tertiary/aromatic N) is 4. The summed E-state index contributed by atoms with van der Waals surface area (Å²) in [5.74, 6) is 0.865. The fourth-order valence-electron chi connectivity index (χ4n) is 4.44. The van der Waals surface area contributed by atoms with Gasteiger partial charge in [-0.25, -0.2) is 10.1 Å². The van der Waals surface area contributed by atoms with Crippen molar-refractivity contribution < 1.29 is 17.7 Å². The van der Waals surface area contributed by atoms with Gasteiger partial charge >= 0.3 is 0 Å². The number of nitrogens with two attached hydrogens (primary N) is 1. The van der Waals surface area contributed by atoms with Crippen molar-refractivity contribution in [3.05, 3.63) is 118 Å². The molecule has 3 N–H and O–H groups in total. The summed E-state index contributed by atoms with van der Waals surface area (Å²) in [7, 11) is -4.07. The van der Waals surface area contributed by atoms with Crippen LogP contribution < -0.4 is 15.4 Å². The molecule has 0 unspecified atom stereocenters. The third-order valence-corrected chi connectivity index (χ3v) is 7.11. The molecule has 0 spiro atoms. The molecule has 0 atom stereocenters. The van der Waals surface area contributed by atoms with Crippen LogP contribution in [0.4, 0.5) is 11.4 Å². The zero-order chi connectivity index (χ0) is 28.7. The van der Waals surface area contributed by atoms with Gasteiger partial charge in [0.2, 0.25) is 5.88 Å². The van der Waals surface area contributed by atoms with Gasteiger partial charge in [0.05, 0.1) is 35.7 Å². The molecule has 4 rings (SSSR count). The summed E-state index contributed by atoms with van der Waals surface area (Å²) in [5.41, 5.74) is 9.84. The Kier molecular flexibility index (Phi) is 8.51. The van der Waals surface area contributed by atoms with E-state index in [2.05, 4.69) is 10.9 Å². The number of nitrogen functional groups attached to an aromatic ring is 1. The maximum atomic E-state index is 11.2. The summed E-state index contributed by atoms with van der Waals surface area (Å²) in [5, 5.41) is 19.4. The molecule has 2 aromatic rings. The first-order valence-electron chi connectivity index (χ1n) is 12.3. The first-order chi connectivity index (χ1) is 19.2. The zero-order valence-corrected chi connectivity index (χ0v) is 22.2. The molecule has 1 aliphatic heterocycles. The van der Waals surface area contributed by atoms with Crippen LogP contribution in [0.3, 0.4) is 0 Å². The Bertz CT molecular complexity index is 1690. The Morgan fingerprint density at radius 1 is 1.15 bits per heavy atom. The number of anilines is 2. The molecule has 200 valence electrons. The summed E-state index contributed by atoms with van der Waals surface area (Å²) >= 11 is 0. The quantitative estimate of drug-likeness (QED) is 0.143. The molecule has 0 saturated heterocycles. The maximum absolute atomic E-state index is 11.2. The first kappa shape index (κ1) is 27.9. The standard InChI is InChI=1S/C30H25N5O4S/c1-34-26(20-32)30(23-11-13-25(33)14-12-23)24(19-31)10-9-21-7-8-22(17-21)18-29-35(15-4-16-40(36,37)38)27-5-2-3-6-28(27)39-29/h2-3,5-6,9-14,17-18H,4,7-8,15-16,33H2,(H,36,37,38)/b21-9+,24-10+,29-18-,30-26+. The molecule has 2 aliphatic rings. The van der Waals surface area contributed by atoms with Crippen molar-refractivity contribution in [2.24, 2.45) is 0 Å². The highest BCUT2D eigenvalue weighted by molar-refractivity contribution is 7.85. The summed E-state index contributed by atoms with van der Waals surface area (Å²) in [6.07, 6.45) is 8.94. The van der Waals surface area contributed by atoms with Gasteiger partial charge in [-0.15, -0.1) is 0 Å². The largest absolute Gasteiger partial charge is 0.439 e. The predicted octanol–water partition coefficient (Wildman–Crippen LogP) is 5.54. The van der Waals surface area contributed by atoms with Gasteiger partial charge in [-0.2, -0.15) is 13.7 Å². The summed E-state index contributed by atoms with van der Waals surface area (Å²) in [6, 6.07) is 18.1. The topological polar surface area (TPSA) is 145 Å². The van der Waals surface area contributed by atoms with Crippen molar-refractivity contribution in [3.63, 3.8) is 0 Å². The molecular formula is C30H25N5O4S. The van der Waals surface area contributed by atoms with E-state index in [1.165, 1.54) is 0 Å². The number of para-hydroxylation sites is 2. The second-order valence-corrected chi connectivity index (χ2v) is 10.6. The van der Waals surface area contributed by atoms with E-state index in [0.717, 1.165) is 23.3 Å². The van der Waals surface area contributed by atoms with Crippen molar-refractivity contribution in [3.8, 4) is 17.9 Å². The lowest BCUT2D eigenvalue weighted by molar-refractivity contribution is 0.436. The Labute approximate surface area is 233 Å².